The fourth-order valence-corrected chi connectivity index (χ4v) is 4.66. The number of carboxylic acids is 1. The first-order valence-electron chi connectivity index (χ1n) is 9.36. The molecule has 0 aromatic heterocycles. The van der Waals surface area contributed by atoms with Crippen LogP contribution in [0.3, 0.4) is 0 Å². The minimum Gasteiger partial charge on any atom is -0.478 e. The average Bonchev–Trinajstić information content (AvgIpc) is 2.68. The quantitative estimate of drug-likeness (QED) is 0.619. The van der Waals surface area contributed by atoms with Crippen molar-refractivity contribution < 1.29 is 27.9 Å². The maximum atomic E-state index is 13.5. The van der Waals surface area contributed by atoms with Crippen LogP contribution in [0.2, 0.25) is 0 Å². The lowest BCUT2D eigenvalue weighted by atomic mass is 10.1. The van der Waals surface area contributed by atoms with E-state index in [4.69, 9.17) is 4.74 Å². The third-order valence-corrected chi connectivity index (χ3v) is 6.34. The second-order valence-corrected chi connectivity index (χ2v) is 8.28. The van der Waals surface area contributed by atoms with Gasteiger partial charge in [-0.15, -0.1) is 0 Å². The van der Waals surface area contributed by atoms with Crippen LogP contribution in [0.15, 0.2) is 47.4 Å². The summed E-state index contributed by atoms with van der Waals surface area (Å²) in [6.07, 6.45) is 1.27. The molecule has 0 spiro atoms. The van der Waals surface area contributed by atoms with Gasteiger partial charge in [-0.3, -0.25) is 4.31 Å². The Hall–Kier alpha value is -2.87. The Bertz CT molecular complexity index is 1000. The Morgan fingerprint density at radius 1 is 1.10 bits per heavy atom. The van der Waals surface area contributed by atoms with E-state index in [1.165, 1.54) is 24.3 Å². The molecule has 1 N–H and O–H groups in total. The van der Waals surface area contributed by atoms with Gasteiger partial charge < -0.3 is 9.84 Å². The smallest absolute Gasteiger partial charge is 0.338 e. The summed E-state index contributed by atoms with van der Waals surface area (Å²) in [5, 5.41) is 9.52. The zero-order valence-corrected chi connectivity index (χ0v) is 17.5. The molecule has 0 fully saturated rings. The number of anilines is 1. The van der Waals surface area contributed by atoms with E-state index in [1.54, 1.807) is 32.0 Å². The van der Waals surface area contributed by atoms with Crippen molar-refractivity contribution in [3.63, 3.8) is 0 Å². The first kappa shape index (κ1) is 22.4. The number of hydrogen-bond acceptors (Lipinski definition) is 5. The largest absolute Gasteiger partial charge is 0.478 e. The number of carbonyl (C=O) groups excluding carboxylic acids is 1. The molecule has 2 aromatic carbocycles. The summed E-state index contributed by atoms with van der Waals surface area (Å²) in [4.78, 5) is 23.7. The first-order valence-corrected chi connectivity index (χ1v) is 10.8. The second-order valence-electron chi connectivity index (χ2n) is 6.45. The number of hydrogen-bond donors (Lipinski definition) is 1. The second kappa shape index (κ2) is 9.56. The van der Waals surface area contributed by atoms with Crippen LogP contribution < -0.4 is 4.31 Å². The van der Waals surface area contributed by atoms with Gasteiger partial charge in [-0.2, -0.15) is 0 Å². The summed E-state index contributed by atoms with van der Waals surface area (Å²) in [5.74, 6) is -1.83. The Balaban J connectivity index is 2.64. The molecule has 0 aliphatic carbocycles. The van der Waals surface area contributed by atoms with Gasteiger partial charge in [0, 0.05) is 6.54 Å². The standard InChI is InChI=1S/C21H25NO6S/c1-4-6-13-22(18-10-8-7-9-17(18)20(23)24)29(26,27)19-14-16(12-11-15(19)3)21(25)28-5-2/h7-12,14H,4-6,13H2,1-3H3,(H,23,24). The molecule has 0 aliphatic rings. The normalized spacial score (nSPS) is 11.1. The molecule has 0 saturated carbocycles. The molecule has 0 heterocycles. The molecule has 2 rings (SSSR count). The van der Waals surface area contributed by atoms with Crippen LogP contribution >= 0.6 is 0 Å². The molecule has 2 aromatic rings. The summed E-state index contributed by atoms with van der Waals surface area (Å²) in [6, 6.07) is 10.3. The zero-order chi connectivity index (χ0) is 21.6. The summed E-state index contributed by atoms with van der Waals surface area (Å²) < 4.78 is 33.2. The number of esters is 1. The molecule has 0 saturated heterocycles. The van der Waals surface area contributed by atoms with Gasteiger partial charge in [-0.25, -0.2) is 18.0 Å². The number of aryl methyl sites for hydroxylation is 1. The minimum absolute atomic E-state index is 0.0562. The van der Waals surface area contributed by atoms with Crippen molar-refractivity contribution >= 4 is 27.6 Å². The molecule has 0 atom stereocenters. The molecule has 29 heavy (non-hydrogen) atoms. The van der Waals surface area contributed by atoms with E-state index in [1.807, 2.05) is 6.92 Å². The third kappa shape index (κ3) is 4.95. The zero-order valence-electron chi connectivity index (χ0n) is 16.7. The molecule has 8 heteroatoms. The molecule has 0 aliphatic heterocycles. The average molecular weight is 419 g/mol. The molecule has 0 amide bonds. The van der Waals surface area contributed by atoms with E-state index >= 15 is 0 Å². The number of nitrogens with zero attached hydrogens (tertiary/aromatic N) is 1. The predicted molar refractivity (Wildman–Crippen MR) is 110 cm³/mol. The predicted octanol–water partition coefficient (Wildman–Crippen LogP) is 3.87. The van der Waals surface area contributed by atoms with Crippen molar-refractivity contribution in [2.75, 3.05) is 17.5 Å². The first-order chi connectivity index (χ1) is 13.7. The maximum absolute atomic E-state index is 13.5. The van der Waals surface area contributed by atoms with Gasteiger partial charge in [0.25, 0.3) is 10.0 Å². The van der Waals surface area contributed by atoms with Crippen molar-refractivity contribution in [3.05, 3.63) is 59.2 Å². The molecule has 0 bridgehead atoms. The van der Waals surface area contributed by atoms with E-state index in [-0.39, 0.29) is 34.9 Å². The summed E-state index contributed by atoms with van der Waals surface area (Å²) >= 11 is 0. The van der Waals surface area contributed by atoms with E-state index in [2.05, 4.69) is 0 Å². The fourth-order valence-electron chi connectivity index (χ4n) is 2.88. The van der Waals surface area contributed by atoms with Crippen LogP contribution in [-0.4, -0.2) is 38.6 Å². The molecular formula is C21H25NO6S. The van der Waals surface area contributed by atoms with Crippen molar-refractivity contribution in [1.29, 1.82) is 0 Å². The van der Waals surface area contributed by atoms with Crippen LogP contribution in [0.25, 0.3) is 0 Å². The lowest BCUT2D eigenvalue weighted by molar-refractivity contribution is 0.0525. The number of benzene rings is 2. The molecule has 0 radical (unpaired) electrons. The van der Waals surface area contributed by atoms with Gasteiger partial charge in [0.15, 0.2) is 0 Å². The minimum atomic E-state index is -4.12. The third-order valence-electron chi connectivity index (χ3n) is 4.39. The van der Waals surface area contributed by atoms with Crippen molar-refractivity contribution in [1.82, 2.24) is 0 Å². The molecule has 7 nitrogen and oxygen atoms in total. The van der Waals surface area contributed by atoms with E-state index in [9.17, 15) is 23.1 Å². The van der Waals surface area contributed by atoms with E-state index in [0.717, 1.165) is 10.7 Å². The van der Waals surface area contributed by atoms with E-state index < -0.39 is 22.0 Å². The molecule has 0 unspecified atom stereocenters. The Kier molecular flexibility index (Phi) is 7.39. The number of sulfonamides is 1. The lowest BCUT2D eigenvalue weighted by Crippen LogP contribution is -2.34. The summed E-state index contributed by atoms with van der Waals surface area (Å²) in [7, 11) is -4.12. The number of para-hydroxylation sites is 1. The number of ether oxygens (including phenoxy) is 1. The van der Waals surface area contributed by atoms with Crippen LogP contribution in [0.4, 0.5) is 5.69 Å². The van der Waals surface area contributed by atoms with Gasteiger partial charge in [0.05, 0.1) is 28.3 Å². The number of unbranched alkanes of at least 4 members (excludes halogenated alkanes) is 1. The Morgan fingerprint density at radius 2 is 1.79 bits per heavy atom. The number of carboxylic acid groups (broad SMARTS) is 1. The van der Waals surface area contributed by atoms with E-state index in [0.29, 0.717) is 12.0 Å². The fraction of sp³-hybridized carbons (Fsp3) is 0.333. The number of rotatable bonds is 9. The number of carbonyl (C=O) groups is 2. The van der Waals surface area contributed by atoms with Crippen LogP contribution in [0.5, 0.6) is 0 Å². The van der Waals surface area contributed by atoms with Gasteiger partial charge in [0.1, 0.15) is 0 Å². The van der Waals surface area contributed by atoms with Crippen molar-refractivity contribution in [2.24, 2.45) is 0 Å². The topological polar surface area (TPSA) is 101 Å². The monoisotopic (exact) mass is 419 g/mol. The SMILES string of the molecule is CCCCN(c1ccccc1C(=O)O)S(=O)(=O)c1cc(C(=O)OCC)ccc1C. The number of aromatic carboxylic acids is 1. The highest BCUT2D eigenvalue weighted by Crippen LogP contribution is 2.30. The highest BCUT2D eigenvalue weighted by Gasteiger charge is 2.30. The molecular weight excluding hydrogens is 394 g/mol. The van der Waals surface area contributed by atoms with Crippen LogP contribution in [-0.2, 0) is 14.8 Å². The van der Waals surface area contributed by atoms with Gasteiger partial charge in [-0.1, -0.05) is 31.5 Å². The Labute approximate surface area is 171 Å². The van der Waals surface area contributed by atoms with Crippen molar-refractivity contribution in [3.8, 4) is 0 Å². The van der Waals surface area contributed by atoms with Gasteiger partial charge >= 0.3 is 11.9 Å². The Morgan fingerprint density at radius 3 is 2.41 bits per heavy atom. The van der Waals surface area contributed by atoms with Gasteiger partial charge in [0.2, 0.25) is 0 Å². The maximum Gasteiger partial charge on any atom is 0.338 e. The van der Waals surface area contributed by atoms with Crippen LogP contribution in [0, 0.1) is 6.92 Å². The van der Waals surface area contributed by atoms with Crippen LogP contribution in [0.1, 0.15) is 53.0 Å². The molecule has 156 valence electrons. The highest BCUT2D eigenvalue weighted by atomic mass is 32.2. The lowest BCUT2D eigenvalue weighted by Gasteiger charge is -2.26. The summed E-state index contributed by atoms with van der Waals surface area (Å²) in [5.41, 5.74) is 0.561. The van der Waals surface area contributed by atoms with Crippen molar-refractivity contribution in [2.45, 2.75) is 38.5 Å². The van der Waals surface area contributed by atoms with Gasteiger partial charge in [-0.05, 0) is 50.1 Å². The summed E-state index contributed by atoms with van der Waals surface area (Å²) in [6.45, 7) is 5.50. The highest BCUT2D eigenvalue weighted by molar-refractivity contribution is 7.92.